The van der Waals surface area contributed by atoms with E-state index in [1.807, 2.05) is 10.3 Å². The van der Waals surface area contributed by atoms with E-state index >= 15 is 0 Å². The molecule has 9 heteroatoms. The Morgan fingerprint density at radius 3 is 2.83 bits per heavy atom. The second-order valence-electron chi connectivity index (χ2n) is 7.57. The molecule has 0 spiro atoms. The van der Waals surface area contributed by atoms with Crippen molar-refractivity contribution in [2.24, 2.45) is 5.92 Å². The van der Waals surface area contributed by atoms with Gasteiger partial charge in [-0.2, -0.15) is 10.2 Å². The van der Waals surface area contributed by atoms with Crippen LogP contribution in [0.5, 0.6) is 0 Å². The van der Waals surface area contributed by atoms with Gasteiger partial charge in [-0.1, -0.05) is 13.8 Å². The lowest BCUT2D eigenvalue weighted by atomic mass is 9.96. The highest BCUT2D eigenvalue weighted by molar-refractivity contribution is 7.09. The Hall–Kier alpha value is -3.12. The maximum atomic E-state index is 12.6. The van der Waals surface area contributed by atoms with E-state index in [9.17, 15) is 10.1 Å². The topological polar surface area (TPSA) is 108 Å². The zero-order valence-corrected chi connectivity index (χ0v) is 17.7. The van der Waals surface area contributed by atoms with Gasteiger partial charge in [-0.15, -0.1) is 11.3 Å². The fourth-order valence-electron chi connectivity index (χ4n) is 3.44. The molecule has 1 N–H and O–H groups in total. The molecule has 0 unspecified atom stereocenters. The largest absolute Gasteiger partial charge is 0.459 e. The Labute approximate surface area is 178 Å². The van der Waals surface area contributed by atoms with Crippen molar-refractivity contribution in [2.75, 3.05) is 18.0 Å². The summed E-state index contributed by atoms with van der Waals surface area (Å²) in [5.74, 6) is 1.58. The quantitative estimate of drug-likeness (QED) is 0.637. The van der Waals surface area contributed by atoms with Gasteiger partial charge in [0.2, 0.25) is 17.5 Å². The predicted molar refractivity (Wildman–Crippen MR) is 112 cm³/mol. The van der Waals surface area contributed by atoms with Gasteiger partial charge >= 0.3 is 0 Å². The predicted octanol–water partition coefficient (Wildman–Crippen LogP) is 3.92. The third-order valence-corrected chi connectivity index (χ3v) is 6.30. The van der Waals surface area contributed by atoms with Crippen LogP contribution in [0.25, 0.3) is 11.7 Å². The first-order chi connectivity index (χ1) is 14.5. The lowest BCUT2D eigenvalue weighted by Gasteiger charge is -2.30. The number of carbonyl (C=O) groups is 1. The zero-order valence-electron chi connectivity index (χ0n) is 16.9. The number of anilines is 1. The second kappa shape index (κ2) is 8.71. The van der Waals surface area contributed by atoms with E-state index in [0.717, 1.165) is 10.7 Å². The summed E-state index contributed by atoms with van der Waals surface area (Å²) in [6.45, 7) is 5.91. The molecule has 1 fully saturated rings. The first kappa shape index (κ1) is 20.2. The SMILES string of the molecule is CC(C)c1nc(CNC(=O)C2CCN(c3oc(-c4ccco4)nc3C#N)CC2)cs1. The van der Waals surface area contributed by atoms with Crippen LogP contribution in [-0.2, 0) is 11.3 Å². The number of amides is 1. The number of aromatic nitrogens is 2. The van der Waals surface area contributed by atoms with E-state index in [4.69, 9.17) is 8.83 Å². The molecule has 0 saturated carbocycles. The summed E-state index contributed by atoms with van der Waals surface area (Å²) in [7, 11) is 0. The van der Waals surface area contributed by atoms with Crippen LogP contribution >= 0.6 is 11.3 Å². The molecule has 3 aromatic heterocycles. The van der Waals surface area contributed by atoms with Crippen LogP contribution in [0.3, 0.4) is 0 Å². The van der Waals surface area contributed by atoms with E-state index < -0.39 is 0 Å². The van der Waals surface area contributed by atoms with Crippen molar-refractivity contribution in [3.63, 3.8) is 0 Å². The van der Waals surface area contributed by atoms with Gasteiger partial charge < -0.3 is 19.1 Å². The van der Waals surface area contributed by atoms with Crippen LogP contribution in [-0.4, -0.2) is 29.0 Å². The highest BCUT2D eigenvalue weighted by Gasteiger charge is 2.29. The number of hydrogen-bond acceptors (Lipinski definition) is 8. The van der Waals surface area contributed by atoms with Crippen LogP contribution in [0, 0.1) is 17.2 Å². The smallest absolute Gasteiger partial charge is 0.266 e. The number of oxazole rings is 1. The van der Waals surface area contributed by atoms with E-state index in [1.165, 1.54) is 6.26 Å². The van der Waals surface area contributed by atoms with Gasteiger partial charge in [0.1, 0.15) is 6.07 Å². The molecule has 8 nitrogen and oxygen atoms in total. The molecule has 0 bridgehead atoms. The minimum atomic E-state index is -0.0672. The number of nitrogens with one attached hydrogen (secondary N) is 1. The molecule has 4 heterocycles. The number of piperidine rings is 1. The Balaban J connectivity index is 1.33. The summed E-state index contributed by atoms with van der Waals surface area (Å²) >= 11 is 1.63. The number of thiazole rings is 1. The number of hydrogen-bond donors (Lipinski definition) is 1. The summed E-state index contributed by atoms with van der Waals surface area (Å²) in [4.78, 5) is 23.3. The number of nitriles is 1. The van der Waals surface area contributed by atoms with E-state index in [1.54, 1.807) is 23.5 Å². The van der Waals surface area contributed by atoms with Gasteiger partial charge in [0, 0.05) is 30.3 Å². The number of furan rings is 1. The van der Waals surface area contributed by atoms with Crippen molar-refractivity contribution in [3.8, 4) is 17.7 Å². The fourth-order valence-corrected chi connectivity index (χ4v) is 4.28. The van der Waals surface area contributed by atoms with Crippen LogP contribution in [0.15, 0.2) is 32.6 Å². The third kappa shape index (κ3) is 4.24. The third-order valence-electron chi connectivity index (χ3n) is 5.11. The van der Waals surface area contributed by atoms with Gasteiger partial charge in [0.25, 0.3) is 5.89 Å². The number of nitrogens with zero attached hydrogens (tertiary/aromatic N) is 4. The molecular weight excluding hydrogens is 402 g/mol. The van der Waals surface area contributed by atoms with E-state index in [-0.39, 0.29) is 23.4 Å². The van der Waals surface area contributed by atoms with Gasteiger partial charge in [0.15, 0.2) is 5.76 Å². The molecule has 156 valence electrons. The Bertz CT molecular complexity index is 1040. The van der Waals surface area contributed by atoms with Crippen molar-refractivity contribution in [1.29, 1.82) is 5.26 Å². The molecule has 0 atom stereocenters. The molecule has 3 aromatic rings. The molecule has 0 radical (unpaired) electrons. The average molecular weight is 426 g/mol. The van der Waals surface area contributed by atoms with Crippen LogP contribution in [0.2, 0.25) is 0 Å². The highest BCUT2D eigenvalue weighted by atomic mass is 32.1. The summed E-state index contributed by atoms with van der Waals surface area (Å²) in [5, 5.41) is 15.5. The van der Waals surface area contributed by atoms with Crippen molar-refractivity contribution < 1.29 is 13.6 Å². The van der Waals surface area contributed by atoms with Crippen LogP contribution < -0.4 is 10.2 Å². The maximum Gasteiger partial charge on any atom is 0.266 e. The zero-order chi connectivity index (χ0) is 21.1. The fraction of sp³-hybridized carbons (Fsp3) is 0.429. The van der Waals surface area contributed by atoms with Crippen molar-refractivity contribution in [3.05, 3.63) is 40.2 Å². The Kier molecular flexibility index (Phi) is 5.86. The maximum absolute atomic E-state index is 12.6. The summed E-state index contributed by atoms with van der Waals surface area (Å²) in [6, 6.07) is 5.56. The second-order valence-corrected chi connectivity index (χ2v) is 8.46. The molecule has 30 heavy (non-hydrogen) atoms. The normalized spacial score (nSPS) is 14.8. The molecule has 1 amide bonds. The van der Waals surface area contributed by atoms with Crippen LogP contribution in [0.4, 0.5) is 5.88 Å². The van der Waals surface area contributed by atoms with Gasteiger partial charge in [-0.05, 0) is 25.0 Å². The summed E-state index contributed by atoms with van der Waals surface area (Å²) < 4.78 is 11.1. The average Bonchev–Trinajstić information content (AvgIpc) is 3.52. The van der Waals surface area contributed by atoms with Crippen molar-refractivity contribution >= 4 is 23.1 Å². The van der Waals surface area contributed by atoms with Crippen molar-refractivity contribution in [1.82, 2.24) is 15.3 Å². The first-order valence-corrected chi connectivity index (χ1v) is 10.8. The van der Waals surface area contributed by atoms with Crippen molar-refractivity contribution in [2.45, 2.75) is 39.2 Å². The minimum Gasteiger partial charge on any atom is -0.459 e. The molecule has 0 aliphatic carbocycles. The highest BCUT2D eigenvalue weighted by Crippen LogP contribution is 2.31. The molecule has 1 aliphatic heterocycles. The molecule has 1 saturated heterocycles. The standard InChI is InChI=1S/C21H23N5O3S/c1-13(2)20-24-15(12-30-20)11-23-18(27)14-5-7-26(8-6-14)21-16(10-22)25-19(29-21)17-4-3-9-28-17/h3-4,9,12-14H,5-8,11H2,1-2H3,(H,23,27). The summed E-state index contributed by atoms with van der Waals surface area (Å²) in [5.41, 5.74) is 1.13. The first-order valence-electron chi connectivity index (χ1n) is 9.97. The van der Waals surface area contributed by atoms with Crippen LogP contribution in [0.1, 0.15) is 49.0 Å². The molecular formula is C21H23N5O3S. The summed E-state index contributed by atoms with van der Waals surface area (Å²) in [6.07, 6.45) is 2.90. The Morgan fingerprint density at radius 1 is 1.40 bits per heavy atom. The lowest BCUT2D eigenvalue weighted by molar-refractivity contribution is -0.125. The molecule has 0 aromatic carbocycles. The van der Waals surface area contributed by atoms with Gasteiger partial charge in [-0.25, -0.2) is 4.98 Å². The lowest BCUT2D eigenvalue weighted by Crippen LogP contribution is -2.40. The molecule has 4 rings (SSSR count). The van der Waals surface area contributed by atoms with Gasteiger partial charge in [0.05, 0.1) is 23.5 Å². The minimum absolute atomic E-state index is 0.0445. The van der Waals surface area contributed by atoms with E-state index in [2.05, 4.69) is 35.2 Å². The monoisotopic (exact) mass is 425 g/mol. The van der Waals surface area contributed by atoms with E-state index in [0.29, 0.717) is 50.0 Å². The number of carbonyl (C=O) groups excluding carboxylic acids is 1. The van der Waals surface area contributed by atoms with Gasteiger partial charge in [-0.3, -0.25) is 4.79 Å². The molecule has 1 aliphatic rings. The number of rotatable bonds is 6. The Morgan fingerprint density at radius 2 is 2.20 bits per heavy atom.